The van der Waals surface area contributed by atoms with Crippen molar-refractivity contribution >= 4 is 11.6 Å². The van der Waals surface area contributed by atoms with Crippen molar-refractivity contribution in [2.24, 2.45) is 0 Å². The summed E-state index contributed by atoms with van der Waals surface area (Å²) in [5.41, 5.74) is 0.806. The van der Waals surface area contributed by atoms with Crippen molar-refractivity contribution in [3.05, 3.63) is 22.7 Å². The van der Waals surface area contributed by atoms with Gasteiger partial charge >= 0.3 is 0 Å². The van der Waals surface area contributed by atoms with Gasteiger partial charge in [-0.25, -0.2) is 0 Å². The zero-order valence-corrected chi connectivity index (χ0v) is 9.34. The largest absolute Gasteiger partial charge is 0.504 e. The predicted octanol–water partition coefficient (Wildman–Crippen LogP) is 2.13. The zero-order chi connectivity index (χ0) is 10.8. The van der Waals surface area contributed by atoms with Crippen LogP contribution in [0.3, 0.4) is 0 Å². The molecule has 1 aliphatic heterocycles. The van der Waals surface area contributed by atoms with Crippen molar-refractivity contribution < 1.29 is 9.84 Å². The lowest BCUT2D eigenvalue weighted by molar-refractivity contribution is 0.369. The Bertz CT molecular complexity index is 362. The summed E-state index contributed by atoms with van der Waals surface area (Å²) in [6.45, 7) is 1.83. The normalized spacial score (nSPS) is 20.5. The van der Waals surface area contributed by atoms with Gasteiger partial charge in [-0.15, -0.1) is 0 Å². The van der Waals surface area contributed by atoms with Crippen LogP contribution in [0.2, 0.25) is 5.02 Å². The van der Waals surface area contributed by atoms with Crippen molar-refractivity contribution in [2.45, 2.75) is 12.3 Å². The number of rotatable bonds is 2. The molecule has 0 bridgehead atoms. The number of benzene rings is 1. The van der Waals surface area contributed by atoms with Crippen LogP contribution < -0.4 is 10.1 Å². The lowest BCUT2D eigenvalue weighted by Gasteiger charge is -2.15. The molecule has 0 aromatic heterocycles. The fourth-order valence-electron chi connectivity index (χ4n) is 2.02. The molecule has 0 spiro atoms. The molecule has 82 valence electrons. The third-order valence-corrected chi connectivity index (χ3v) is 3.14. The van der Waals surface area contributed by atoms with E-state index in [4.69, 9.17) is 16.3 Å². The van der Waals surface area contributed by atoms with Gasteiger partial charge in [0.25, 0.3) is 0 Å². The maximum atomic E-state index is 9.99. The van der Waals surface area contributed by atoms with Gasteiger partial charge in [-0.05, 0) is 25.1 Å². The van der Waals surface area contributed by atoms with Gasteiger partial charge in [0.2, 0.25) is 0 Å². The molecule has 4 heteroatoms. The summed E-state index contributed by atoms with van der Waals surface area (Å²) in [6, 6.07) is 3.46. The van der Waals surface area contributed by atoms with E-state index in [-0.39, 0.29) is 11.7 Å². The van der Waals surface area contributed by atoms with Crippen molar-refractivity contribution in [1.82, 2.24) is 5.32 Å². The summed E-state index contributed by atoms with van der Waals surface area (Å²) < 4.78 is 5.07. The molecule has 1 fully saturated rings. The Morgan fingerprint density at radius 1 is 1.53 bits per heavy atom. The summed E-state index contributed by atoms with van der Waals surface area (Å²) in [7, 11) is 1.54. The first kappa shape index (κ1) is 10.6. The quantitative estimate of drug-likeness (QED) is 0.814. The summed E-state index contributed by atoms with van der Waals surface area (Å²) in [6.07, 6.45) is 1.00. The number of halogens is 1. The van der Waals surface area contributed by atoms with Crippen LogP contribution in [-0.4, -0.2) is 25.3 Å². The first-order chi connectivity index (χ1) is 7.24. The lowest BCUT2D eigenvalue weighted by Crippen LogP contribution is -2.08. The zero-order valence-electron chi connectivity index (χ0n) is 8.59. The number of phenols is 1. The Kier molecular flexibility index (Phi) is 3.03. The average Bonchev–Trinajstić information content (AvgIpc) is 2.71. The Balaban J connectivity index is 2.43. The first-order valence-corrected chi connectivity index (χ1v) is 5.38. The molecule has 1 saturated heterocycles. The Morgan fingerprint density at radius 3 is 2.93 bits per heavy atom. The molecule has 0 saturated carbocycles. The molecule has 0 radical (unpaired) electrons. The van der Waals surface area contributed by atoms with Gasteiger partial charge in [-0.2, -0.15) is 0 Å². The predicted molar refractivity (Wildman–Crippen MR) is 59.9 cm³/mol. The molecule has 3 nitrogen and oxygen atoms in total. The molecule has 0 aliphatic carbocycles. The highest BCUT2D eigenvalue weighted by Crippen LogP contribution is 2.41. The second-order valence-corrected chi connectivity index (χ2v) is 4.11. The van der Waals surface area contributed by atoms with Crippen molar-refractivity contribution in [3.63, 3.8) is 0 Å². The monoisotopic (exact) mass is 227 g/mol. The molecular formula is C11H14ClNO2. The van der Waals surface area contributed by atoms with Gasteiger partial charge in [0.15, 0.2) is 11.5 Å². The van der Waals surface area contributed by atoms with E-state index in [1.54, 1.807) is 19.2 Å². The van der Waals surface area contributed by atoms with E-state index in [0.717, 1.165) is 25.1 Å². The highest BCUT2D eigenvalue weighted by molar-refractivity contribution is 6.31. The van der Waals surface area contributed by atoms with E-state index in [0.29, 0.717) is 10.8 Å². The molecule has 2 N–H and O–H groups in total. The van der Waals surface area contributed by atoms with E-state index >= 15 is 0 Å². The minimum Gasteiger partial charge on any atom is -0.504 e. The van der Waals surface area contributed by atoms with Gasteiger partial charge in [0.05, 0.1) is 7.11 Å². The van der Waals surface area contributed by atoms with Gasteiger partial charge in [-0.3, -0.25) is 0 Å². The molecule has 15 heavy (non-hydrogen) atoms. The number of ether oxygens (including phenoxy) is 1. The SMILES string of the molecule is COc1ccc(Cl)c(C2CCNC2)c1O. The summed E-state index contributed by atoms with van der Waals surface area (Å²) in [5, 5.41) is 13.9. The fraction of sp³-hybridized carbons (Fsp3) is 0.455. The van der Waals surface area contributed by atoms with Crippen molar-refractivity contribution in [2.75, 3.05) is 20.2 Å². The van der Waals surface area contributed by atoms with Crippen molar-refractivity contribution in [1.29, 1.82) is 0 Å². The lowest BCUT2D eigenvalue weighted by atomic mass is 9.97. The number of hydrogen-bond donors (Lipinski definition) is 2. The van der Waals surface area contributed by atoms with E-state index in [1.165, 1.54) is 0 Å². The number of hydrogen-bond acceptors (Lipinski definition) is 3. The van der Waals surface area contributed by atoms with Crippen LogP contribution in [0.4, 0.5) is 0 Å². The van der Waals surface area contributed by atoms with Crippen molar-refractivity contribution in [3.8, 4) is 11.5 Å². The molecule has 1 heterocycles. The van der Waals surface area contributed by atoms with Crippen LogP contribution in [0.15, 0.2) is 12.1 Å². The third-order valence-electron chi connectivity index (χ3n) is 2.82. The van der Waals surface area contributed by atoms with Crippen LogP contribution >= 0.6 is 11.6 Å². The van der Waals surface area contributed by atoms with Crippen LogP contribution in [0.1, 0.15) is 17.9 Å². The van der Waals surface area contributed by atoms with Crippen LogP contribution in [-0.2, 0) is 0 Å². The van der Waals surface area contributed by atoms with E-state index in [1.807, 2.05) is 0 Å². The summed E-state index contributed by atoms with van der Waals surface area (Å²) in [4.78, 5) is 0. The number of methoxy groups -OCH3 is 1. The maximum Gasteiger partial charge on any atom is 0.162 e. The number of phenolic OH excluding ortho intramolecular Hbond substituents is 1. The minimum atomic E-state index is 0.179. The Morgan fingerprint density at radius 2 is 2.33 bits per heavy atom. The molecule has 1 unspecified atom stereocenters. The molecule has 1 aliphatic rings. The molecular weight excluding hydrogens is 214 g/mol. The molecule has 1 atom stereocenters. The highest BCUT2D eigenvalue weighted by atomic mass is 35.5. The fourth-order valence-corrected chi connectivity index (χ4v) is 2.32. The minimum absolute atomic E-state index is 0.179. The standard InChI is InChI=1S/C11H14ClNO2/c1-15-9-3-2-8(12)10(11(9)14)7-4-5-13-6-7/h2-3,7,13-14H,4-6H2,1H3. The van der Waals surface area contributed by atoms with Crippen LogP contribution in [0, 0.1) is 0 Å². The molecule has 1 aromatic carbocycles. The Hall–Kier alpha value is -0.930. The first-order valence-electron chi connectivity index (χ1n) is 5.00. The second kappa shape index (κ2) is 4.29. The van der Waals surface area contributed by atoms with Gasteiger partial charge in [0.1, 0.15) is 0 Å². The molecule has 0 amide bonds. The second-order valence-electron chi connectivity index (χ2n) is 3.70. The van der Waals surface area contributed by atoms with Gasteiger partial charge in [-0.1, -0.05) is 11.6 Å². The average molecular weight is 228 g/mol. The Labute approximate surface area is 94.0 Å². The van der Waals surface area contributed by atoms with Crippen LogP contribution in [0.25, 0.3) is 0 Å². The van der Waals surface area contributed by atoms with Crippen LogP contribution in [0.5, 0.6) is 11.5 Å². The van der Waals surface area contributed by atoms with E-state index in [9.17, 15) is 5.11 Å². The third kappa shape index (κ3) is 1.90. The smallest absolute Gasteiger partial charge is 0.162 e. The maximum absolute atomic E-state index is 9.99. The van der Waals surface area contributed by atoms with Gasteiger partial charge < -0.3 is 15.2 Å². The summed E-state index contributed by atoms with van der Waals surface area (Å²) in [5.74, 6) is 0.951. The van der Waals surface area contributed by atoms with E-state index < -0.39 is 0 Å². The molecule has 1 aromatic rings. The highest BCUT2D eigenvalue weighted by Gasteiger charge is 2.24. The number of nitrogens with one attached hydrogen (secondary N) is 1. The van der Waals surface area contributed by atoms with Gasteiger partial charge in [0, 0.05) is 23.0 Å². The summed E-state index contributed by atoms with van der Waals surface area (Å²) >= 11 is 6.10. The topological polar surface area (TPSA) is 41.5 Å². The van der Waals surface area contributed by atoms with E-state index in [2.05, 4.69) is 5.32 Å². The molecule has 2 rings (SSSR count). The number of aromatic hydroxyl groups is 1.